The standard InChI is InChI=1S/C9H17NO2/c1-3-8-5-4-6-10(8)9(12)7(2)11/h7-8,11H,3-6H2,1-2H3/t7-,8?/m1/s1. The molecule has 1 aliphatic rings. The number of aliphatic hydroxyl groups excluding tert-OH is 1. The molecule has 2 atom stereocenters. The third-order valence-corrected chi connectivity index (χ3v) is 2.49. The van der Waals surface area contributed by atoms with Gasteiger partial charge < -0.3 is 10.0 Å². The first-order chi connectivity index (χ1) is 5.66. The van der Waals surface area contributed by atoms with Crippen LogP contribution in [0.15, 0.2) is 0 Å². The predicted octanol–water partition coefficient (Wildman–Crippen LogP) is 0.768. The molecule has 0 aromatic rings. The molecule has 0 bridgehead atoms. The zero-order valence-corrected chi connectivity index (χ0v) is 7.79. The Hall–Kier alpha value is -0.570. The van der Waals surface area contributed by atoms with E-state index in [-0.39, 0.29) is 5.91 Å². The van der Waals surface area contributed by atoms with Crippen molar-refractivity contribution in [3.05, 3.63) is 0 Å². The molecule has 1 aliphatic heterocycles. The molecule has 0 radical (unpaired) electrons. The average molecular weight is 171 g/mol. The number of likely N-dealkylation sites (tertiary alicyclic amines) is 1. The molecule has 0 aromatic carbocycles. The highest BCUT2D eigenvalue weighted by Gasteiger charge is 2.28. The van der Waals surface area contributed by atoms with Crippen molar-refractivity contribution >= 4 is 5.91 Å². The van der Waals surface area contributed by atoms with Crippen molar-refractivity contribution in [2.45, 2.75) is 45.3 Å². The Balaban J connectivity index is 2.55. The van der Waals surface area contributed by atoms with Gasteiger partial charge in [-0.05, 0) is 26.2 Å². The molecule has 3 heteroatoms. The Morgan fingerprint density at radius 2 is 2.42 bits per heavy atom. The molecule has 3 nitrogen and oxygen atoms in total. The first-order valence-corrected chi connectivity index (χ1v) is 4.65. The third kappa shape index (κ3) is 1.78. The van der Waals surface area contributed by atoms with Crippen LogP contribution < -0.4 is 0 Å². The molecule has 12 heavy (non-hydrogen) atoms. The van der Waals surface area contributed by atoms with Crippen LogP contribution in [0, 0.1) is 0 Å². The highest BCUT2D eigenvalue weighted by atomic mass is 16.3. The van der Waals surface area contributed by atoms with E-state index in [0.29, 0.717) is 6.04 Å². The summed E-state index contributed by atoms with van der Waals surface area (Å²) in [5, 5.41) is 9.10. The minimum atomic E-state index is -0.836. The molecular weight excluding hydrogens is 154 g/mol. The monoisotopic (exact) mass is 171 g/mol. The van der Waals surface area contributed by atoms with Gasteiger partial charge in [0.15, 0.2) is 0 Å². The SMILES string of the molecule is CCC1CCCN1C(=O)[C@@H](C)O. The highest BCUT2D eigenvalue weighted by molar-refractivity contribution is 5.80. The maximum Gasteiger partial charge on any atom is 0.251 e. The largest absolute Gasteiger partial charge is 0.384 e. The molecule has 1 heterocycles. The number of hydrogen-bond donors (Lipinski definition) is 1. The summed E-state index contributed by atoms with van der Waals surface area (Å²) in [5.41, 5.74) is 0. The number of carbonyl (C=O) groups is 1. The predicted molar refractivity (Wildman–Crippen MR) is 46.7 cm³/mol. The number of amides is 1. The Labute approximate surface area is 73.4 Å². The summed E-state index contributed by atoms with van der Waals surface area (Å²) < 4.78 is 0. The van der Waals surface area contributed by atoms with E-state index >= 15 is 0 Å². The maximum absolute atomic E-state index is 11.4. The number of rotatable bonds is 2. The first kappa shape index (κ1) is 9.52. The van der Waals surface area contributed by atoms with Crippen molar-refractivity contribution in [2.24, 2.45) is 0 Å². The molecule has 70 valence electrons. The lowest BCUT2D eigenvalue weighted by atomic mass is 10.1. The Morgan fingerprint density at radius 3 is 2.92 bits per heavy atom. The Kier molecular flexibility index (Phi) is 3.09. The van der Waals surface area contributed by atoms with Crippen LogP contribution >= 0.6 is 0 Å². The second-order valence-electron chi connectivity index (χ2n) is 3.41. The summed E-state index contributed by atoms with van der Waals surface area (Å²) >= 11 is 0. The molecule has 0 aliphatic carbocycles. The van der Waals surface area contributed by atoms with E-state index in [1.807, 2.05) is 4.90 Å². The van der Waals surface area contributed by atoms with Gasteiger partial charge in [-0.15, -0.1) is 0 Å². The van der Waals surface area contributed by atoms with E-state index in [9.17, 15) is 4.79 Å². The fourth-order valence-corrected chi connectivity index (χ4v) is 1.79. The van der Waals surface area contributed by atoms with Gasteiger partial charge in [0.2, 0.25) is 0 Å². The molecule has 1 rings (SSSR count). The lowest BCUT2D eigenvalue weighted by Gasteiger charge is -2.24. The smallest absolute Gasteiger partial charge is 0.251 e. The van der Waals surface area contributed by atoms with Gasteiger partial charge in [0.25, 0.3) is 5.91 Å². The van der Waals surface area contributed by atoms with Gasteiger partial charge in [-0.2, -0.15) is 0 Å². The zero-order valence-electron chi connectivity index (χ0n) is 7.79. The Morgan fingerprint density at radius 1 is 1.75 bits per heavy atom. The van der Waals surface area contributed by atoms with E-state index < -0.39 is 6.10 Å². The van der Waals surface area contributed by atoms with Gasteiger partial charge in [-0.25, -0.2) is 0 Å². The third-order valence-electron chi connectivity index (χ3n) is 2.49. The van der Waals surface area contributed by atoms with Crippen molar-refractivity contribution in [3.8, 4) is 0 Å². The van der Waals surface area contributed by atoms with Crippen molar-refractivity contribution < 1.29 is 9.90 Å². The van der Waals surface area contributed by atoms with Crippen LogP contribution in [0.3, 0.4) is 0 Å². The van der Waals surface area contributed by atoms with Gasteiger partial charge in [-0.3, -0.25) is 4.79 Å². The Bertz CT molecular complexity index is 168. The van der Waals surface area contributed by atoms with Gasteiger partial charge >= 0.3 is 0 Å². The second-order valence-corrected chi connectivity index (χ2v) is 3.41. The van der Waals surface area contributed by atoms with Gasteiger partial charge in [0.1, 0.15) is 6.10 Å². The molecule has 0 saturated carbocycles. The molecular formula is C9H17NO2. The zero-order chi connectivity index (χ0) is 9.14. The van der Waals surface area contributed by atoms with E-state index in [2.05, 4.69) is 6.92 Å². The van der Waals surface area contributed by atoms with Crippen LogP contribution in [0.4, 0.5) is 0 Å². The topological polar surface area (TPSA) is 40.5 Å². The van der Waals surface area contributed by atoms with Crippen molar-refractivity contribution in [2.75, 3.05) is 6.54 Å². The van der Waals surface area contributed by atoms with Crippen LogP contribution in [-0.4, -0.2) is 34.6 Å². The molecule has 1 unspecified atom stereocenters. The number of aliphatic hydroxyl groups is 1. The van der Waals surface area contributed by atoms with E-state index in [1.165, 1.54) is 6.92 Å². The molecule has 1 N–H and O–H groups in total. The first-order valence-electron chi connectivity index (χ1n) is 4.65. The van der Waals surface area contributed by atoms with Crippen molar-refractivity contribution in [1.82, 2.24) is 4.90 Å². The summed E-state index contributed by atoms with van der Waals surface area (Å²) in [5.74, 6) is -0.112. The fraction of sp³-hybridized carbons (Fsp3) is 0.889. The van der Waals surface area contributed by atoms with Crippen molar-refractivity contribution in [1.29, 1.82) is 0 Å². The molecule has 1 amide bonds. The minimum Gasteiger partial charge on any atom is -0.384 e. The van der Waals surface area contributed by atoms with Crippen LogP contribution in [0.2, 0.25) is 0 Å². The summed E-state index contributed by atoms with van der Waals surface area (Å²) in [6, 6.07) is 0.368. The summed E-state index contributed by atoms with van der Waals surface area (Å²) in [7, 11) is 0. The molecule has 0 spiro atoms. The average Bonchev–Trinajstić information content (AvgIpc) is 2.49. The molecule has 1 fully saturated rings. The van der Waals surface area contributed by atoms with Crippen LogP contribution in [-0.2, 0) is 4.79 Å². The number of carbonyl (C=O) groups excluding carboxylic acids is 1. The lowest BCUT2D eigenvalue weighted by molar-refractivity contribution is -0.140. The van der Waals surface area contributed by atoms with Gasteiger partial charge in [0, 0.05) is 12.6 Å². The number of hydrogen-bond acceptors (Lipinski definition) is 2. The van der Waals surface area contributed by atoms with Crippen LogP contribution in [0.1, 0.15) is 33.1 Å². The second kappa shape index (κ2) is 3.90. The van der Waals surface area contributed by atoms with Crippen molar-refractivity contribution in [3.63, 3.8) is 0 Å². The van der Waals surface area contributed by atoms with E-state index in [0.717, 1.165) is 25.8 Å². The lowest BCUT2D eigenvalue weighted by Crippen LogP contribution is -2.40. The fourth-order valence-electron chi connectivity index (χ4n) is 1.79. The van der Waals surface area contributed by atoms with Gasteiger partial charge in [-0.1, -0.05) is 6.92 Å². The molecule has 1 saturated heterocycles. The van der Waals surface area contributed by atoms with Gasteiger partial charge in [0.05, 0.1) is 0 Å². The highest BCUT2D eigenvalue weighted by Crippen LogP contribution is 2.20. The van der Waals surface area contributed by atoms with Crippen LogP contribution in [0.25, 0.3) is 0 Å². The summed E-state index contributed by atoms with van der Waals surface area (Å²) in [4.78, 5) is 13.2. The summed E-state index contributed by atoms with van der Waals surface area (Å²) in [6.07, 6.45) is 2.34. The van der Waals surface area contributed by atoms with E-state index in [1.54, 1.807) is 0 Å². The maximum atomic E-state index is 11.4. The van der Waals surface area contributed by atoms with Crippen LogP contribution in [0.5, 0.6) is 0 Å². The molecule has 0 aromatic heterocycles. The van der Waals surface area contributed by atoms with E-state index in [4.69, 9.17) is 5.11 Å². The normalized spacial score (nSPS) is 25.9. The minimum absolute atomic E-state index is 0.112. The summed E-state index contributed by atoms with van der Waals surface area (Å²) in [6.45, 7) is 4.44. The number of nitrogens with zero attached hydrogens (tertiary/aromatic N) is 1. The quantitative estimate of drug-likeness (QED) is 0.666.